The Labute approximate surface area is 141 Å². The van der Waals surface area contributed by atoms with Gasteiger partial charge in [-0.3, -0.25) is 14.6 Å². The maximum Gasteiger partial charge on any atom is 0.255 e. The van der Waals surface area contributed by atoms with Crippen molar-refractivity contribution in [2.24, 2.45) is 13.0 Å². The van der Waals surface area contributed by atoms with E-state index in [1.165, 1.54) is 10.6 Å². The predicted molar refractivity (Wildman–Crippen MR) is 93.0 cm³/mol. The zero-order valence-corrected chi connectivity index (χ0v) is 14.2. The van der Waals surface area contributed by atoms with Gasteiger partial charge in [0.15, 0.2) is 0 Å². The number of rotatable bonds is 3. The molecule has 3 rings (SSSR count). The molecule has 1 atom stereocenters. The fourth-order valence-corrected chi connectivity index (χ4v) is 3.33. The molecule has 1 amide bonds. The Morgan fingerprint density at radius 2 is 2.12 bits per heavy atom. The van der Waals surface area contributed by atoms with E-state index < -0.39 is 0 Å². The second-order valence-electron chi connectivity index (χ2n) is 6.60. The summed E-state index contributed by atoms with van der Waals surface area (Å²) < 4.78 is 1.45. The number of pyridine rings is 2. The minimum atomic E-state index is -0.103. The van der Waals surface area contributed by atoms with Gasteiger partial charge in [-0.2, -0.15) is 0 Å². The summed E-state index contributed by atoms with van der Waals surface area (Å²) in [6, 6.07) is 9.16. The molecule has 1 aliphatic heterocycles. The van der Waals surface area contributed by atoms with E-state index in [2.05, 4.69) is 11.1 Å². The SMILES string of the molecule is Cc1cccc(C[C@@H]2CCCN(C(=O)c3ccc(=O)n(C)c3)C2)n1. The van der Waals surface area contributed by atoms with Crippen molar-refractivity contribution < 1.29 is 4.79 Å². The van der Waals surface area contributed by atoms with Crippen LogP contribution in [0.5, 0.6) is 0 Å². The molecule has 0 bridgehead atoms. The van der Waals surface area contributed by atoms with Gasteiger partial charge in [-0.1, -0.05) is 6.07 Å². The van der Waals surface area contributed by atoms with Crippen molar-refractivity contribution in [2.75, 3.05) is 13.1 Å². The van der Waals surface area contributed by atoms with Crippen LogP contribution in [0.1, 0.15) is 34.6 Å². The van der Waals surface area contributed by atoms with Gasteiger partial charge in [-0.25, -0.2) is 0 Å². The van der Waals surface area contributed by atoms with Gasteiger partial charge in [-0.05, 0) is 50.3 Å². The van der Waals surface area contributed by atoms with Crippen LogP contribution >= 0.6 is 0 Å². The van der Waals surface area contributed by atoms with Crippen LogP contribution in [-0.4, -0.2) is 33.4 Å². The highest BCUT2D eigenvalue weighted by atomic mass is 16.2. The number of aromatic nitrogens is 2. The summed E-state index contributed by atoms with van der Waals surface area (Å²) in [6.45, 7) is 3.52. The van der Waals surface area contributed by atoms with Crippen LogP contribution in [0.25, 0.3) is 0 Å². The second kappa shape index (κ2) is 6.99. The molecular weight excluding hydrogens is 302 g/mol. The second-order valence-corrected chi connectivity index (χ2v) is 6.60. The number of carbonyl (C=O) groups is 1. The maximum absolute atomic E-state index is 12.7. The quantitative estimate of drug-likeness (QED) is 0.869. The molecule has 0 spiro atoms. The van der Waals surface area contributed by atoms with E-state index in [-0.39, 0.29) is 11.5 Å². The van der Waals surface area contributed by atoms with Crippen molar-refractivity contribution in [3.05, 3.63) is 63.8 Å². The summed E-state index contributed by atoms with van der Waals surface area (Å²) >= 11 is 0. The standard InChI is InChI=1S/C19H23N3O2/c1-14-5-3-7-17(20-14)11-15-6-4-10-22(12-15)19(24)16-8-9-18(23)21(2)13-16/h3,5,7-9,13,15H,4,6,10-12H2,1-2H3/t15-/m0/s1. The fourth-order valence-electron chi connectivity index (χ4n) is 3.33. The molecule has 24 heavy (non-hydrogen) atoms. The number of carbonyl (C=O) groups excluding carboxylic acids is 1. The Balaban J connectivity index is 1.69. The fraction of sp³-hybridized carbons (Fsp3) is 0.421. The molecule has 5 nitrogen and oxygen atoms in total. The van der Waals surface area contributed by atoms with Gasteiger partial charge in [0.1, 0.15) is 0 Å². The molecule has 3 heterocycles. The molecule has 2 aromatic rings. The number of amides is 1. The van der Waals surface area contributed by atoms with Crippen molar-refractivity contribution >= 4 is 5.91 Å². The lowest BCUT2D eigenvalue weighted by molar-refractivity contribution is 0.0672. The smallest absolute Gasteiger partial charge is 0.255 e. The van der Waals surface area contributed by atoms with Crippen LogP contribution in [0.4, 0.5) is 0 Å². The van der Waals surface area contributed by atoms with Gasteiger partial charge >= 0.3 is 0 Å². The average Bonchev–Trinajstić information content (AvgIpc) is 2.57. The minimum absolute atomic E-state index is 0.00695. The first-order valence-electron chi connectivity index (χ1n) is 8.41. The summed E-state index contributed by atoms with van der Waals surface area (Å²) in [4.78, 5) is 30.7. The Morgan fingerprint density at radius 1 is 1.29 bits per heavy atom. The number of aryl methyl sites for hydroxylation is 2. The van der Waals surface area contributed by atoms with Gasteiger partial charge in [0.05, 0.1) is 5.56 Å². The van der Waals surface area contributed by atoms with E-state index in [4.69, 9.17) is 0 Å². The molecule has 0 aromatic carbocycles. The normalized spacial score (nSPS) is 17.8. The summed E-state index contributed by atoms with van der Waals surface area (Å²) in [5.74, 6) is 0.442. The van der Waals surface area contributed by atoms with Gasteiger partial charge in [0.25, 0.3) is 5.91 Å². The molecule has 0 N–H and O–H groups in total. The molecule has 126 valence electrons. The van der Waals surface area contributed by atoms with Crippen LogP contribution in [0.15, 0.2) is 41.3 Å². The Bertz CT molecular complexity index is 797. The van der Waals surface area contributed by atoms with Gasteiger partial charge in [-0.15, -0.1) is 0 Å². The third-order valence-electron chi connectivity index (χ3n) is 4.58. The third-order valence-corrected chi connectivity index (χ3v) is 4.58. The van der Waals surface area contributed by atoms with E-state index in [0.29, 0.717) is 11.5 Å². The van der Waals surface area contributed by atoms with E-state index in [1.54, 1.807) is 19.3 Å². The zero-order chi connectivity index (χ0) is 17.1. The minimum Gasteiger partial charge on any atom is -0.338 e. The molecule has 5 heteroatoms. The summed E-state index contributed by atoms with van der Waals surface area (Å²) in [5, 5.41) is 0. The molecule has 0 radical (unpaired) electrons. The van der Waals surface area contributed by atoms with Gasteiger partial charge in [0.2, 0.25) is 5.56 Å². The van der Waals surface area contributed by atoms with Crippen molar-refractivity contribution in [1.82, 2.24) is 14.5 Å². The van der Waals surface area contributed by atoms with E-state index in [1.807, 2.05) is 24.0 Å². The Hall–Kier alpha value is -2.43. The molecule has 1 fully saturated rings. The van der Waals surface area contributed by atoms with E-state index in [0.717, 1.165) is 43.7 Å². The zero-order valence-electron chi connectivity index (χ0n) is 14.2. The Morgan fingerprint density at radius 3 is 2.88 bits per heavy atom. The van der Waals surface area contributed by atoms with Crippen LogP contribution in [0.3, 0.4) is 0 Å². The van der Waals surface area contributed by atoms with E-state index in [9.17, 15) is 9.59 Å². The topological polar surface area (TPSA) is 55.2 Å². The molecule has 0 aliphatic carbocycles. The highest BCUT2D eigenvalue weighted by Gasteiger charge is 2.25. The summed E-state index contributed by atoms with van der Waals surface area (Å²) in [5.41, 5.74) is 2.60. The summed E-state index contributed by atoms with van der Waals surface area (Å²) in [7, 11) is 1.67. The number of piperidine rings is 1. The molecular formula is C19H23N3O2. The lowest BCUT2D eigenvalue weighted by Gasteiger charge is -2.32. The number of likely N-dealkylation sites (tertiary alicyclic amines) is 1. The van der Waals surface area contributed by atoms with Crippen molar-refractivity contribution in [3.8, 4) is 0 Å². The number of hydrogen-bond donors (Lipinski definition) is 0. The van der Waals surface area contributed by atoms with Crippen LogP contribution in [0.2, 0.25) is 0 Å². The van der Waals surface area contributed by atoms with Crippen LogP contribution in [0, 0.1) is 12.8 Å². The first-order chi connectivity index (χ1) is 11.5. The Kier molecular flexibility index (Phi) is 4.79. The number of nitrogens with zero attached hydrogens (tertiary/aromatic N) is 3. The van der Waals surface area contributed by atoms with E-state index >= 15 is 0 Å². The predicted octanol–water partition coefficient (Wildman–Crippen LogP) is 2.18. The molecule has 1 aliphatic rings. The lowest BCUT2D eigenvalue weighted by Crippen LogP contribution is -2.41. The monoisotopic (exact) mass is 325 g/mol. The van der Waals surface area contributed by atoms with Crippen molar-refractivity contribution in [2.45, 2.75) is 26.2 Å². The third kappa shape index (κ3) is 3.72. The van der Waals surface area contributed by atoms with Crippen LogP contribution in [-0.2, 0) is 13.5 Å². The van der Waals surface area contributed by atoms with Gasteiger partial charge in [0, 0.05) is 43.8 Å². The summed E-state index contributed by atoms with van der Waals surface area (Å²) in [6.07, 6.45) is 4.65. The maximum atomic E-state index is 12.7. The first-order valence-corrected chi connectivity index (χ1v) is 8.41. The molecule has 0 saturated carbocycles. The first kappa shape index (κ1) is 16.4. The lowest BCUT2D eigenvalue weighted by atomic mass is 9.92. The molecule has 0 unspecified atom stereocenters. The van der Waals surface area contributed by atoms with Gasteiger partial charge < -0.3 is 9.47 Å². The molecule has 2 aromatic heterocycles. The van der Waals surface area contributed by atoms with Crippen molar-refractivity contribution in [1.29, 1.82) is 0 Å². The average molecular weight is 325 g/mol. The number of hydrogen-bond acceptors (Lipinski definition) is 3. The highest BCUT2D eigenvalue weighted by molar-refractivity contribution is 5.94. The largest absolute Gasteiger partial charge is 0.338 e. The van der Waals surface area contributed by atoms with Crippen LogP contribution < -0.4 is 5.56 Å². The highest BCUT2D eigenvalue weighted by Crippen LogP contribution is 2.21. The molecule has 1 saturated heterocycles. The van der Waals surface area contributed by atoms with Crippen molar-refractivity contribution in [3.63, 3.8) is 0 Å².